The minimum absolute atomic E-state index is 0.722. The molecule has 7 heteroatoms. The zero-order valence-electron chi connectivity index (χ0n) is 17.0. The first-order chi connectivity index (χ1) is 15.3. The third-order valence-corrected chi connectivity index (χ3v) is 5.79. The maximum absolute atomic E-state index is 5.45. The summed E-state index contributed by atoms with van der Waals surface area (Å²) in [7, 11) is 0. The van der Waals surface area contributed by atoms with Gasteiger partial charge in [0.1, 0.15) is 0 Å². The Kier molecular flexibility index (Phi) is 4.39. The molecule has 0 amide bonds. The minimum atomic E-state index is 0.722. The number of hydrogen-bond acceptors (Lipinski definition) is 6. The number of nitrogens with zero attached hydrogens (tertiary/aromatic N) is 5. The van der Waals surface area contributed by atoms with Gasteiger partial charge in [-0.2, -0.15) is 0 Å². The summed E-state index contributed by atoms with van der Waals surface area (Å²) < 4.78 is 7.45. The fraction of sp³-hybridized carbons (Fsp3) is 0.208. The molecule has 0 radical (unpaired) electrons. The molecule has 4 aromatic rings. The van der Waals surface area contributed by atoms with E-state index in [9.17, 15) is 0 Å². The summed E-state index contributed by atoms with van der Waals surface area (Å²) in [6.45, 7) is 3.41. The Morgan fingerprint density at radius 3 is 2.77 bits per heavy atom. The fourth-order valence-corrected chi connectivity index (χ4v) is 4.14. The first-order valence-electron chi connectivity index (χ1n) is 10.5. The van der Waals surface area contributed by atoms with Crippen LogP contribution in [0.15, 0.2) is 61.2 Å². The summed E-state index contributed by atoms with van der Waals surface area (Å²) in [6, 6.07) is 10.6. The minimum Gasteiger partial charge on any atom is -0.378 e. The number of pyridine rings is 1. The summed E-state index contributed by atoms with van der Waals surface area (Å²) in [5.41, 5.74) is 7.12. The summed E-state index contributed by atoms with van der Waals surface area (Å²) in [4.78, 5) is 16.3. The van der Waals surface area contributed by atoms with E-state index in [0.717, 1.165) is 66.8 Å². The Balaban J connectivity index is 1.32. The van der Waals surface area contributed by atoms with Gasteiger partial charge < -0.3 is 19.4 Å². The average Bonchev–Trinajstić information content (AvgIpc) is 3.49. The number of fused-ring (bicyclic) bond motifs is 2. The summed E-state index contributed by atoms with van der Waals surface area (Å²) in [6.07, 6.45) is 12.8. The highest BCUT2D eigenvalue weighted by Gasteiger charge is 2.14. The molecule has 1 fully saturated rings. The second-order valence-electron chi connectivity index (χ2n) is 7.78. The van der Waals surface area contributed by atoms with E-state index >= 15 is 0 Å². The topological polar surface area (TPSA) is 67.6 Å². The van der Waals surface area contributed by atoms with Gasteiger partial charge in [-0.15, -0.1) is 0 Å². The molecule has 0 spiro atoms. The second kappa shape index (κ2) is 7.52. The van der Waals surface area contributed by atoms with Gasteiger partial charge in [0.25, 0.3) is 0 Å². The van der Waals surface area contributed by atoms with Crippen LogP contribution < -0.4 is 10.2 Å². The molecule has 1 aliphatic carbocycles. The molecule has 7 nitrogen and oxygen atoms in total. The van der Waals surface area contributed by atoms with Gasteiger partial charge in [0, 0.05) is 54.8 Å². The normalized spacial score (nSPS) is 15.4. The van der Waals surface area contributed by atoms with Crippen molar-refractivity contribution in [2.75, 3.05) is 36.5 Å². The van der Waals surface area contributed by atoms with E-state index < -0.39 is 0 Å². The first kappa shape index (κ1) is 18.1. The summed E-state index contributed by atoms with van der Waals surface area (Å²) in [5, 5.41) is 3.46. The highest BCUT2D eigenvalue weighted by atomic mass is 16.5. The van der Waals surface area contributed by atoms with Crippen molar-refractivity contribution in [3.8, 4) is 11.3 Å². The van der Waals surface area contributed by atoms with Gasteiger partial charge in [-0.3, -0.25) is 4.98 Å². The smallest absolute Gasteiger partial charge is 0.180 e. The van der Waals surface area contributed by atoms with Crippen LogP contribution in [0, 0.1) is 0 Å². The van der Waals surface area contributed by atoms with Crippen LogP contribution in [0.4, 0.5) is 17.2 Å². The number of morpholine rings is 1. The van der Waals surface area contributed by atoms with Gasteiger partial charge in [-0.05, 0) is 48.4 Å². The molecule has 2 aliphatic rings. The van der Waals surface area contributed by atoms with E-state index in [1.807, 2.05) is 23.0 Å². The van der Waals surface area contributed by atoms with Gasteiger partial charge in [-0.25, -0.2) is 9.97 Å². The van der Waals surface area contributed by atoms with Crippen molar-refractivity contribution >= 4 is 28.9 Å². The lowest BCUT2D eigenvalue weighted by Gasteiger charge is -2.28. The van der Waals surface area contributed by atoms with Crippen molar-refractivity contribution in [3.63, 3.8) is 0 Å². The predicted molar refractivity (Wildman–Crippen MR) is 122 cm³/mol. The molecule has 154 valence electrons. The number of rotatable bonds is 4. The van der Waals surface area contributed by atoms with Crippen molar-refractivity contribution in [2.45, 2.75) is 6.42 Å². The number of hydrogen-bond donors (Lipinski definition) is 1. The molecule has 0 atom stereocenters. The Morgan fingerprint density at radius 2 is 1.90 bits per heavy atom. The maximum Gasteiger partial charge on any atom is 0.180 e. The number of nitrogens with one attached hydrogen (secondary N) is 1. The number of allylic oxidation sites excluding steroid dienone is 1. The first-order valence-corrected chi connectivity index (χ1v) is 10.5. The third-order valence-electron chi connectivity index (χ3n) is 5.79. The molecule has 0 bridgehead atoms. The predicted octanol–water partition coefficient (Wildman–Crippen LogP) is 3.94. The number of aromatic nitrogens is 4. The van der Waals surface area contributed by atoms with Crippen LogP contribution in [0.1, 0.15) is 11.3 Å². The van der Waals surface area contributed by atoms with Gasteiger partial charge >= 0.3 is 0 Å². The lowest BCUT2D eigenvalue weighted by molar-refractivity contribution is 0.122. The third kappa shape index (κ3) is 3.43. The molecular weight excluding hydrogens is 388 g/mol. The molecule has 4 heterocycles. The molecule has 1 saturated heterocycles. The molecule has 0 saturated carbocycles. The van der Waals surface area contributed by atoms with E-state index in [0.29, 0.717) is 0 Å². The van der Waals surface area contributed by atoms with Crippen LogP contribution in [0.3, 0.4) is 0 Å². The molecule has 6 rings (SSSR count). The standard InChI is InChI=1S/C24H22N6O/c1-2-17-14-18(15-26-21(17)3-1)22-16-30-9-8-25-24(30)23(28-22)27-19-4-6-20(7-5-19)29-10-12-31-13-11-29/h1,3-9,14-16H,2,10-13H2,(H,27,28). The summed E-state index contributed by atoms with van der Waals surface area (Å²) in [5.74, 6) is 0.722. The zero-order valence-corrected chi connectivity index (χ0v) is 17.0. The van der Waals surface area contributed by atoms with Crippen LogP contribution >= 0.6 is 0 Å². The van der Waals surface area contributed by atoms with Gasteiger partial charge in [-0.1, -0.05) is 6.08 Å². The zero-order chi connectivity index (χ0) is 20.6. The van der Waals surface area contributed by atoms with Crippen LogP contribution in [0.5, 0.6) is 0 Å². The van der Waals surface area contributed by atoms with Crippen LogP contribution in [-0.2, 0) is 11.2 Å². The number of anilines is 3. The average molecular weight is 410 g/mol. The number of ether oxygens (including phenoxy) is 1. The summed E-state index contributed by atoms with van der Waals surface area (Å²) >= 11 is 0. The maximum atomic E-state index is 5.45. The van der Waals surface area contributed by atoms with Gasteiger partial charge in [0.2, 0.25) is 0 Å². The van der Waals surface area contributed by atoms with Crippen molar-refractivity contribution in [1.29, 1.82) is 0 Å². The Morgan fingerprint density at radius 1 is 1.03 bits per heavy atom. The van der Waals surface area contributed by atoms with E-state index in [-0.39, 0.29) is 0 Å². The van der Waals surface area contributed by atoms with Gasteiger partial charge in [0.15, 0.2) is 11.5 Å². The van der Waals surface area contributed by atoms with E-state index in [1.165, 1.54) is 11.3 Å². The monoisotopic (exact) mass is 410 g/mol. The quantitative estimate of drug-likeness (QED) is 0.550. The molecule has 1 aliphatic heterocycles. The van der Waals surface area contributed by atoms with Crippen LogP contribution in [-0.4, -0.2) is 45.7 Å². The van der Waals surface area contributed by atoms with E-state index in [2.05, 4.69) is 62.7 Å². The second-order valence-corrected chi connectivity index (χ2v) is 7.78. The molecular formula is C24H22N6O. The Labute approximate surface area is 180 Å². The van der Waals surface area contributed by atoms with Crippen molar-refractivity contribution in [3.05, 3.63) is 72.5 Å². The lowest BCUT2D eigenvalue weighted by atomic mass is 10.1. The molecule has 1 aromatic carbocycles. The molecule has 0 unspecified atom stereocenters. The Hall–Kier alpha value is -3.71. The fourth-order valence-electron chi connectivity index (χ4n) is 4.14. The lowest BCUT2D eigenvalue weighted by Crippen LogP contribution is -2.36. The largest absolute Gasteiger partial charge is 0.378 e. The number of imidazole rings is 1. The van der Waals surface area contributed by atoms with Crippen molar-refractivity contribution in [1.82, 2.24) is 19.4 Å². The SMILES string of the molecule is C1=Cc2ncc(-c3cn4ccnc4c(Nc4ccc(N5CCOCC5)cc4)n3)cc2C1. The van der Waals surface area contributed by atoms with Gasteiger partial charge in [0.05, 0.1) is 24.6 Å². The number of benzene rings is 1. The van der Waals surface area contributed by atoms with E-state index in [4.69, 9.17) is 9.72 Å². The highest BCUT2D eigenvalue weighted by Crippen LogP contribution is 2.28. The Bertz CT molecular complexity index is 1270. The van der Waals surface area contributed by atoms with E-state index in [1.54, 1.807) is 6.20 Å². The van der Waals surface area contributed by atoms with Crippen molar-refractivity contribution in [2.24, 2.45) is 0 Å². The van der Waals surface area contributed by atoms with Crippen LogP contribution in [0.2, 0.25) is 0 Å². The molecule has 1 N–H and O–H groups in total. The molecule has 3 aromatic heterocycles. The highest BCUT2D eigenvalue weighted by molar-refractivity contribution is 5.75. The van der Waals surface area contributed by atoms with Crippen LogP contribution in [0.25, 0.3) is 23.0 Å². The van der Waals surface area contributed by atoms with Crippen molar-refractivity contribution < 1.29 is 4.74 Å². The molecule has 31 heavy (non-hydrogen) atoms.